The first-order valence-corrected chi connectivity index (χ1v) is 7.11. The number of nitrogens with two attached hydrogens (primary N) is 2. The van der Waals surface area contributed by atoms with E-state index in [0.717, 1.165) is 0 Å². The molecule has 9 N–H and O–H groups in total. The van der Waals surface area contributed by atoms with Crippen molar-refractivity contribution in [2.45, 2.75) is 37.6 Å². The fourth-order valence-electron chi connectivity index (χ4n) is 1.75. The van der Waals surface area contributed by atoms with Crippen LogP contribution in [-0.4, -0.2) is 62.2 Å². The number of nitrogens with zero attached hydrogens (tertiary/aromatic N) is 2. The molecule has 0 aliphatic heterocycles. The van der Waals surface area contributed by atoms with E-state index in [2.05, 4.69) is 15.5 Å². The number of rotatable bonds is 9. The van der Waals surface area contributed by atoms with E-state index in [4.69, 9.17) is 26.1 Å². The first-order valence-electron chi connectivity index (χ1n) is 7.11. The Morgan fingerprint density at radius 2 is 1.84 bits per heavy atom. The number of carbonyl (C=O) groups excluding carboxylic acids is 2. The Labute approximate surface area is 141 Å². The summed E-state index contributed by atoms with van der Waals surface area (Å²) < 4.78 is 5.18. The molecule has 13 heteroatoms. The molecular weight excluding hydrogens is 340 g/mol. The third-order valence-corrected chi connectivity index (χ3v) is 3.01. The third kappa shape index (κ3) is 5.98. The Kier molecular flexibility index (Phi) is 7.22. The maximum Gasteiger partial charge on any atom is 0.328 e. The molecule has 2 unspecified atom stereocenters. The van der Waals surface area contributed by atoms with Crippen LogP contribution in [0.5, 0.6) is 0 Å². The van der Waals surface area contributed by atoms with Gasteiger partial charge < -0.3 is 41.8 Å². The summed E-state index contributed by atoms with van der Waals surface area (Å²) >= 11 is 0. The summed E-state index contributed by atoms with van der Waals surface area (Å²) in [5.41, 5.74) is 10.6. The topological polar surface area (TPSA) is 227 Å². The quantitative estimate of drug-likeness (QED) is 0.238. The maximum atomic E-state index is 11.9. The largest absolute Gasteiger partial charge is 0.480 e. The molecule has 0 spiro atoms. The average molecular weight is 360 g/mol. The van der Waals surface area contributed by atoms with Gasteiger partial charge in [0.1, 0.15) is 12.1 Å². The highest BCUT2D eigenvalue weighted by Gasteiger charge is 2.28. The molecule has 0 saturated heterocycles. The van der Waals surface area contributed by atoms with E-state index in [1.807, 2.05) is 5.32 Å². The number of amides is 3. The highest BCUT2D eigenvalue weighted by atomic mass is 16.4. The summed E-state index contributed by atoms with van der Waals surface area (Å²) in [6.45, 7) is 0.714. The standard InChI is InChI=1S/C12H20N6O7/c1-4(20)8(11(22)23)16-12(24)15-6(2-7(14)21)10-18-17-9(25-10)5(13)3-19/h4-6,8,19-20H,2-3,13H2,1H3,(H2,14,21)(H,22,23)(H2,15,16,24)/t4?,5-,6-,8?/m0/s1. The number of carbonyl (C=O) groups is 3. The SMILES string of the molecule is CC(O)C(NC(=O)N[C@@H](CC(N)=O)c1nnc([C@@H](N)CO)o1)C(=O)O. The zero-order valence-corrected chi connectivity index (χ0v) is 13.2. The number of aliphatic hydroxyl groups excluding tert-OH is 2. The summed E-state index contributed by atoms with van der Waals surface area (Å²) in [4.78, 5) is 34.0. The normalized spacial score (nSPS) is 15.7. The van der Waals surface area contributed by atoms with Crippen LogP contribution in [0.1, 0.15) is 37.2 Å². The van der Waals surface area contributed by atoms with Gasteiger partial charge in [-0.15, -0.1) is 10.2 Å². The van der Waals surface area contributed by atoms with Crippen LogP contribution in [0.4, 0.5) is 4.79 Å². The van der Waals surface area contributed by atoms with Crippen molar-refractivity contribution < 1.29 is 34.1 Å². The van der Waals surface area contributed by atoms with E-state index in [1.165, 1.54) is 6.92 Å². The van der Waals surface area contributed by atoms with Crippen molar-refractivity contribution >= 4 is 17.9 Å². The second kappa shape index (κ2) is 8.91. The lowest BCUT2D eigenvalue weighted by atomic mass is 10.2. The van der Waals surface area contributed by atoms with Gasteiger partial charge in [0.25, 0.3) is 0 Å². The van der Waals surface area contributed by atoms with Gasteiger partial charge in [-0.3, -0.25) is 4.79 Å². The summed E-state index contributed by atoms with van der Waals surface area (Å²) in [6, 6.07) is -4.69. The number of aliphatic hydroxyl groups is 2. The lowest BCUT2D eigenvalue weighted by molar-refractivity contribution is -0.141. The van der Waals surface area contributed by atoms with Gasteiger partial charge >= 0.3 is 12.0 Å². The lowest BCUT2D eigenvalue weighted by Gasteiger charge is -2.19. The molecule has 0 aliphatic carbocycles. The summed E-state index contributed by atoms with van der Waals surface area (Å²) in [7, 11) is 0. The van der Waals surface area contributed by atoms with Crippen molar-refractivity contribution in [3.05, 3.63) is 11.8 Å². The molecule has 0 aliphatic rings. The van der Waals surface area contributed by atoms with Crippen molar-refractivity contribution in [1.82, 2.24) is 20.8 Å². The first kappa shape index (κ1) is 20.3. The fourth-order valence-corrected chi connectivity index (χ4v) is 1.75. The lowest BCUT2D eigenvalue weighted by Crippen LogP contribution is -2.52. The van der Waals surface area contributed by atoms with Crippen LogP contribution in [0.25, 0.3) is 0 Å². The monoisotopic (exact) mass is 360 g/mol. The van der Waals surface area contributed by atoms with Crippen LogP contribution >= 0.6 is 0 Å². The number of hydrogen-bond donors (Lipinski definition) is 7. The van der Waals surface area contributed by atoms with E-state index in [0.29, 0.717) is 0 Å². The number of hydrogen-bond acceptors (Lipinski definition) is 9. The number of primary amides is 1. The predicted octanol–water partition coefficient (Wildman–Crippen LogP) is -2.89. The second-order valence-corrected chi connectivity index (χ2v) is 5.16. The van der Waals surface area contributed by atoms with Gasteiger partial charge in [-0.05, 0) is 6.92 Å². The summed E-state index contributed by atoms with van der Waals surface area (Å²) in [5, 5.41) is 38.7. The zero-order valence-electron chi connectivity index (χ0n) is 13.2. The first-order chi connectivity index (χ1) is 11.6. The Hall–Kier alpha value is -2.77. The molecule has 0 bridgehead atoms. The van der Waals surface area contributed by atoms with Crippen LogP contribution < -0.4 is 22.1 Å². The molecule has 3 amide bonds. The average Bonchev–Trinajstić information content (AvgIpc) is 3.00. The molecular formula is C12H20N6O7. The van der Waals surface area contributed by atoms with Gasteiger partial charge in [0.05, 0.1) is 19.1 Å². The highest BCUT2D eigenvalue weighted by Crippen LogP contribution is 2.17. The molecule has 0 aromatic carbocycles. The maximum absolute atomic E-state index is 11.9. The van der Waals surface area contributed by atoms with Gasteiger partial charge in [0.15, 0.2) is 6.04 Å². The van der Waals surface area contributed by atoms with Gasteiger partial charge in [0, 0.05) is 0 Å². The van der Waals surface area contributed by atoms with Gasteiger partial charge in [-0.2, -0.15) is 0 Å². The van der Waals surface area contributed by atoms with E-state index in [9.17, 15) is 19.5 Å². The van der Waals surface area contributed by atoms with Crippen LogP contribution in [0, 0.1) is 0 Å². The molecule has 13 nitrogen and oxygen atoms in total. The number of aromatic nitrogens is 2. The molecule has 4 atom stereocenters. The molecule has 1 aromatic heterocycles. The Bertz CT molecular complexity index is 619. The van der Waals surface area contributed by atoms with Crippen molar-refractivity contribution in [1.29, 1.82) is 0 Å². The van der Waals surface area contributed by atoms with Gasteiger partial charge in [0.2, 0.25) is 17.7 Å². The zero-order chi connectivity index (χ0) is 19.1. The second-order valence-electron chi connectivity index (χ2n) is 5.16. The van der Waals surface area contributed by atoms with Crippen molar-refractivity contribution in [3.63, 3.8) is 0 Å². The number of nitrogens with one attached hydrogen (secondary N) is 2. The van der Waals surface area contributed by atoms with E-state index in [-0.39, 0.29) is 11.8 Å². The fraction of sp³-hybridized carbons (Fsp3) is 0.583. The van der Waals surface area contributed by atoms with Crippen LogP contribution in [0.3, 0.4) is 0 Å². The Morgan fingerprint density at radius 1 is 1.24 bits per heavy atom. The minimum atomic E-state index is -1.57. The molecule has 140 valence electrons. The van der Waals surface area contributed by atoms with E-state index >= 15 is 0 Å². The Balaban J connectivity index is 2.89. The molecule has 1 rings (SSSR count). The number of aliphatic carboxylic acids is 1. The van der Waals surface area contributed by atoms with Crippen molar-refractivity contribution in [2.24, 2.45) is 11.5 Å². The van der Waals surface area contributed by atoms with Gasteiger partial charge in [-0.25, -0.2) is 9.59 Å². The molecule has 0 fully saturated rings. The minimum absolute atomic E-state index is 0.124. The predicted molar refractivity (Wildman–Crippen MR) is 79.6 cm³/mol. The smallest absolute Gasteiger partial charge is 0.328 e. The Morgan fingerprint density at radius 3 is 2.32 bits per heavy atom. The molecule has 25 heavy (non-hydrogen) atoms. The van der Waals surface area contributed by atoms with E-state index < -0.39 is 55.2 Å². The summed E-state index contributed by atoms with van der Waals surface area (Å²) in [6.07, 6.45) is -1.79. The van der Waals surface area contributed by atoms with Crippen molar-refractivity contribution in [2.75, 3.05) is 6.61 Å². The highest BCUT2D eigenvalue weighted by molar-refractivity contribution is 5.83. The van der Waals surface area contributed by atoms with Crippen molar-refractivity contribution in [3.8, 4) is 0 Å². The molecule has 1 aromatic rings. The van der Waals surface area contributed by atoms with Crippen LogP contribution in [0.15, 0.2) is 4.42 Å². The molecule has 0 radical (unpaired) electrons. The van der Waals surface area contributed by atoms with Gasteiger partial charge in [-0.1, -0.05) is 0 Å². The molecule has 1 heterocycles. The van der Waals surface area contributed by atoms with Crippen LogP contribution in [-0.2, 0) is 9.59 Å². The number of carboxylic acids is 1. The number of urea groups is 1. The third-order valence-electron chi connectivity index (χ3n) is 3.01. The summed E-state index contributed by atoms with van der Waals surface area (Å²) in [5.74, 6) is -2.59. The van der Waals surface area contributed by atoms with Crippen LogP contribution in [0.2, 0.25) is 0 Å². The minimum Gasteiger partial charge on any atom is -0.480 e. The number of carboxylic acid groups (broad SMARTS) is 1. The van der Waals surface area contributed by atoms with E-state index in [1.54, 1.807) is 0 Å². The molecule has 0 saturated carbocycles.